The fraction of sp³-hybridized carbons (Fsp3) is 0.217. The van der Waals surface area contributed by atoms with Gasteiger partial charge in [-0.25, -0.2) is 13.3 Å². The maximum Gasteiger partial charge on any atom is 0.253 e. The van der Waals surface area contributed by atoms with E-state index >= 15 is 0 Å². The van der Waals surface area contributed by atoms with Gasteiger partial charge in [0.2, 0.25) is 5.91 Å². The van der Waals surface area contributed by atoms with Crippen LogP contribution in [0.3, 0.4) is 0 Å². The number of imide groups is 1. The number of sulfonamides is 1. The van der Waals surface area contributed by atoms with Gasteiger partial charge in [-0.2, -0.15) is 4.31 Å². The number of rotatable bonds is 6. The summed E-state index contributed by atoms with van der Waals surface area (Å²) in [4.78, 5) is 27.2. The smallest absolute Gasteiger partial charge is 0.253 e. The summed E-state index contributed by atoms with van der Waals surface area (Å²) in [6.07, 6.45) is -0.191. The third-order valence-electron chi connectivity index (χ3n) is 5.28. The van der Waals surface area contributed by atoms with Crippen LogP contribution < -0.4 is 4.90 Å². The molecule has 1 aliphatic rings. The molecule has 160 valence electrons. The number of nitrogens with zero attached hydrogens (tertiary/aromatic N) is 2. The number of anilines is 1. The van der Waals surface area contributed by atoms with Crippen LogP contribution in [-0.4, -0.2) is 30.6 Å². The van der Waals surface area contributed by atoms with Crippen LogP contribution in [0.25, 0.3) is 0 Å². The second kappa shape index (κ2) is 8.37. The van der Waals surface area contributed by atoms with Gasteiger partial charge in [0.15, 0.2) is 0 Å². The van der Waals surface area contributed by atoms with E-state index in [-0.39, 0.29) is 17.2 Å². The molecule has 0 bridgehead atoms. The Hall–Kier alpha value is -2.81. The number of aryl methyl sites for hydroxylation is 2. The minimum absolute atomic E-state index is 0.00589. The Balaban J connectivity index is 1.72. The largest absolute Gasteiger partial charge is 0.274 e. The lowest BCUT2D eigenvalue weighted by molar-refractivity contribution is -0.122. The minimum atomic E-state index is -3.97. The van der Waals surface area contributed by atoms with Crippen LogP contribution in [0.4, 0.5) is 5.69 Å². The molecule has 0 N–H and O–H groups in total. The van der Waals surface area contributed by atoms with E-state index in [1.807, 2.05) is 50.2 Å². The number of hydrogen-bond donors (Lipinski definition) is 0. The first-order chi connectivity index (χ1) is 14.8. The highest BCUT2D eigenvalue weighted by Crippen LogP contribution is 2.32. The van der Waals surface area contributed by atoms with Crippen molar-refractivity contribution in [1.82, 2.24) is 4.31 Å². The molecule has 6 nitrogen and oxygen atoms in total. The van der Waals surface area contributed by atoms with Gasteiger partial charge in [0.1, 0.15) is 10.3 Å². The van der Waals surface area contributed by atoms with Crippen molar-refractivity contribution in [3.63, 3.8) is 0 Å². The molecule has 1 fully saturated rings. The first-order valence-electron chi connectivity index (χ1n) is 9.82. The Labute approximate surface area is 185 Å². The Morgan fingerprint density at radius 2 is 1.58 bits per heavy atom. The van der Waals surface area contributed by atoms with E-state index in [9.17, 15) is 18.0 Å². The fourth-order valence-electron chi connectivity index (χ4n) is 3.57. The number of hydrogen-bond acceptors (Lipinski definition) is 5. The molecule has 4 rings (SSSR count). The molecule has 1 atom stereocenters. The van der Waals surface area contributed by atoms with Gasteiger partial charge < -0.3 is 0 Å². The van der Waals surface area contributed by atoms with E-state index in [4.69, 9.17) is 0 Å². The summed E-state index contributed by atoms with van der Waals surface area (Å²) < 4.78 is 28.2. The Bertz CT molecular complexity index is 1200. The third kappa shape index (κ3) is 4.19. The van der Waals surface area contributed by atoms with Crippen molar-refractivity contribution in [2.24, 2.45) is 0 Å². The van der Waals surface area contributed by atoms with Gasteiger partial charge >= 0.3 is 0 Å². The minimum Gasteiger partial charge on any atom is -0.274 e. The second-order valence-electron chi connectivity index (χ2n) is 7.59. The van der Waals surface area contributed by atoms with Crippen LogP contribution in [0.2, 0.25) is 0 Å². The summed E-state index contributed by atoms with van der Waals surface area (Å²) in [6.45, 7) is 3.87. The lowest BCUT2D eigenvalue weighted by Crippen LogP contribution is -2.44. The highest BCUT2D eigenvalue weighted by atomic mass is 32.2. The molecule has 1 aromatic heterocycles. The SMILES string of the molecule is Cc1ccc(CN(C2CC(=O)N(c3ccc(C)cc3)C2=O)S(=O)(=O)c2cccs2)cc1. The first kappa shape index (κ1) is 21.4. The summed E-state index contributed by atoms with van der Waals surface area (Å²) >= 11 is 1.09. The molecule has 0 spiro atoms. The molecule has 3 aromatic rings. The molecule has 0 saturated carbocycles. The van der Waals surface area contributed by atoms with Crippen LogP contribution >= 0.6 is 11.3 Å². The average Bonchev–Trinajstić information content (AvgIpc) is 3.37. The van der Waals surface area contributed by atoms with E-state index in [2.05, 4.69) is 0 Å². The van der Waals surface area contributed by atoms with Crippen molar-refractivity contribution in [2.75, 3.05) is 4.90 Å². The summed E-state index contributed by atoms with van der Waals surface area (Å²) in [5.41, 5.74) is 3.25. The summed E-state index contributed by atoms with van der Waals surface area (Å²) in [6, 6.07) is 16.6. The highest BCUT2D eigenvalue weighted by Gasteiger charge is 2.47. The van der Waals surface area contributed by atoms with Crippen LogP contribution in [0.5, 0.6) is 0 Å². The Morgan fingerprint density at radius 1 is 0.968 bits per heavy atom. The quantitative estimate of drug-likeness (QED) is 0.530. The van der Waals surface area contributed by atoms with Crippen molar-refractivity contribution in [2.45, 2.75) is 37.1 Å². The zero-order chi connectivity index (χ0) is 22.2. The average molecular weight is 455 g/mol. The predicted molar refractivity (Wildman–Crippen MR) is 120 cm³/mol. The van der Waals surface area contributed by atoms with Crippen LogP contribution in [-0.2, 0) is 26.2 Å². The Kier molecular flexibility index (Phi) is 5.79. The number of thiophene rings is 1. The van der Waals surface area contributed by atoms with Crippen molar-refractivity contribution in [3.8, 4) is 0 Å². The highest BCUT2D eigenvalue weighted by molar-refractivity contribution is 7.91. The second-order valence-corrected chi connectivity index (χ2v) is 10.7. The maximum absolute atomic E-state index is 13.4. The van der Waals surface area contributed by atoms with E-state index in [1.54, 1.807) is 23.6 Å². The van der Waals surface area contributed by atoms with Gasteiger partial charge in [-0.15, -0.1) is 11.3 Å². The molecule has 1 saturated heterocycles. The number of amides is 2. The summed E-state index contributed by atoms with van der Waals surface area (Å²) in [5.74, 6) is -0.935. The number of carbonyl (C=O) groups is 2. The van der Waals surface area contributed by atoms with Crippen molar-refractivity contribution in [3.05, 3.63) is 82.7 Å². The van der Waals surface area contributed by atoms with E-state index in [0.29, 0.717) is 5.69 Å². The number of benzene rings is 2. The van der Waals surface area contributed by atoms with E-state index in [1.165, 1.54) is 6.07 Å². The van der Waals surface area contributed by atoms with Crippen LogP contribution in [0, 0.1) is 13.8 Å². The molecule has 31 heavy (non-hydrogen) atoms. The third-order valence-corrected chi connectivity index (χ3v) is 8.51. The molecule has 8 heteroatoms. The molecule has 2 amide bonds. The van der Waals surface area contributed by atoms with Crippen molar-refractivity contribution >= 4 is 38.9 Å². The van der Waals surface area contributed by atoms with Crippen LogP contribution in [0.15, 0.2) is 70.3 Å². The number of carbonyl (C=O) groups excluding carboxylic acids is 2. The normalized spacial score (nSPS) is 17.0. The van der Waals surface area contributed by atoms with Gasteiger partial charge in [0.25, 0.3) is 15.9 Å². The van der Waals surface area contributed by atoms with Crippen molar-refractivity contribution in [1.29, 1.82) is 0 Å². The summed E-state index contributed by atoms with van der Waals surface area (Å²) in [7, 11) is -3.97. The predicted octanol–water partition coefficient (Wildman–Crippen LogP) is 3.89. The van der Waals surface area contributed by atoms with Crippen molar-refractivity contribution < 1.29 is 18.0 Å². The molecular formula is C23H22N2O4S2. The summed E-state index contributed by atoms with van der Waals surface area (Å²) in [5, 5.41) is 1.68. The molecule has 0 aliphatic carbocycles. The lowest BCUT2D eigenvalue weighted by atomic mass is 10.1. The zero-order valence-electron chi connectivity index (χ0n) is 17.2. The maximum atomic E-state index is 13.4. The molecule has 2 aromatic carbocycles. The fourth-order valence-corrected chi connectivity index (χ4v) is 6.26. The van der Waals surface area contributed by atoms with Gasteiger partial charge in [0, 0.05) is 6.54 Å². The van der Waals surface area contributed by atoms with E-state index in [0.717, 1.165) is 37.2 Å². The lowest BCUT2D eigenvalue weighted by Gasteiger charge is -2.26. The molecule has 0 radical (unpaired) electrons. The van der Waals surface area contributed by atoms with Gasteiger partial charge in [0.05, 0.1) is 12.1 Å². The Morgan fingerprint density at radius 3 is 2.16 bits per heavy atom. The standard InChI is InChI=1S/C23H22N2O4S2/c1-16-5-9-18(10-6-16)15-24(31(28,29)22-4-3-13-30-22)20-14-21(26)25(23(20)27)19-11-7-17(2)8-12-19/h3-13,20H,14-15H2,1-2H3. The topological polar surface area (TPSA) is 74.8 Å². The van der Waals surface area contributed by atoms with Gasteiger partial charge in [-0.3, -0.25) is 9.59 Å². The van der Waals surface area contributed by atoms with E-state index < -0.39 is 27.9 Å². The zero-order valence-corrected chi connectivity index (χ0v) is 18.8. The molecule has 2 heterocycles. The molecule has 1 aliphatic heterocycles. The first-order valence-corrected chi connectivity index (χ1v) is 12.1. The van der Waals surface area contributed by atoms with Crippen LogP contribution in [0.1, 0.15) is 23.1 Å². The van der Waals surface area contributed by atoms with Gasteiger partial charge in [-0.1, -0.05) is 53.6 Å². The van der Waals surface area contributed by atoms with Gasteiger partial charge in [-0.05, 0) is 43.0 Å². The molecule has 1 unspecified atom stereocenters. The monoisotopic (exact) mass is 454 g/mol. The molecular weight excluding hydrogens is 432 g/mol.